The summed E-state index contributed by atoms with van der Waals surface area (Å²) in [6.45, 7) is 8.81. The van der Waals surface area contributed by atoms with Crippen LogP contribution in [0, 0.1) is 5.92 Å². The van der Waals surface area contributed by atoms with Gasteiger partial charge in [0, 0.05) is 12.8 Å². The summed E-state index contributed by atoms with van der Waals surface area (Å²) in [5, 5.41) is 39.9. The minimum Gasteiger partial charge on any atom is -0.511 e. The molecule has 4 atom stereocenters. The first-order valence-corrected chi connectivity index (χ1v) is 9.58. The van der Waals surface area contributed by atoms with Crippen LogP contribution in [-0.4, -0.2) is 56.0 Å². The maximum Gasteiger partial charge on any atom is 0.345 e. The van der Waals surface area contributed by atoms with Gasteiger partial charge < -0.3 is 25.2 Å². The maximum absolute atomic E-state index is 11.9. The number of hydrogen-bond acceptors (Lipinski definition) is 7. The van der Waals surface area contributed by atoms with E-state index >= 15 is 0 Å². The molecule has 0 aromatic carbocycles. The number of carbonyl (C=O) groups excluding carboxylic acids is 2. The number of carboxylic acid groups (broad SMARTS) is 1. The first-order chi connectivity index (χ1) is 13.4. The van der Waals surface area contributed by atoms with Crippen LogP contribution in [-0.2, 0) is 19.1 Å². The van der Waals surface area contributed by atoms with E-state index in [1.165, 1.54) is 6.08 Å². The molecule has 1 heterocycles. The predicted octanol–water partition coefficient (Wildman–Crippen LogP) is 2.21. The standard InChI is InChI=1S/C21H30O8/c1-5-13(3)18(24)21(28,20(26)27)10-6-7-12(2)8-9-15(22)17-16(23)11-14(4)29-19(17)25/h6,10,13-14,18,22,24,28H,2,5,7-9,11H2,1,3-4H3,(H,26,27)/b10-6+,17-15?/t13-,14+,18+,21-/m0/s1. The number of aliphatic hydroxyl groups is 3. The maximum atomic E-state index is 11.9. The first-order valence-electron chi connectivity index (χ1n) is 9.58. The van der Waals surface area contributed by atoms with Gasteiger partial charge in [0.25, 0.3) is 0 Å². The lowest BCUT2D eigenvalue weighted by Gasteiger charge is -2.29. The van der Waals surface area contributed by atoms with Crippen LogP contribution in [0.5, 0.6) is 0 Å². The Bertz CT molecular complexity index is 700. The molecule has 1 aliphatic rings. The van der Waals surface area contributed by atoms with E-state index in [-0.39, 0.29) is 37.0 Å². The molecule has 0 unspecified atom stereocenters. The van der Waals surface area contributed by atoms with Gasteiger partial charge >= 0.3 is 11.9 Å². The molecule has 4 N–H and O–H groups in total. The molecule has 8 nitrogen and oxygen atoms in total. The van der Waals surface area contributed by atoms with Crippen LogP contribution in [0.15, 0.2) is 35.6 Å². The summed E-state index contributed by atoms with van der Waals surface area (Å²) < 4.78 is 4.95. The van der Waals surface area contributed by atoms with Crippen molar-refractivity contribution in [2.24, 2.45) is 5.92 Å². The number of carboxylic acids is 1. The van der Waals surface area contributed by atoms with Gasteiger partial charge in [-0.15, -0.1) is 0 Å². The van der Waals surface area contributed by atoms with Gasteiger partial charge in [0.15, 0.2) is 5.78 Å². The van der Waals surface area contributed by atoms with Crippen molar-refractivity contribution in [1.29, 1.82) is 0 Å². The molecule has 29 heavy (non-hydrogen) atoms. The van der Waals surface area contributed by atoms with Crippen LogP contribution in [0.4, 0.5) is 0 Å². The summed E-state index contributed by atoms with van der Waals surface area (Å²) in [5.41, 5.74) is -2.19. The second-order valence-corrected chi connectivity index (χ2v) is 7.48. The van der Waals surface area contributed by atoms with Crippen LogP contribution >= 0.6 is 0 Å². The SMILES string of the molecule is C=C(C/C=C/[C@@](O)(C(=O)O)[C@H](O)[C@@H](C)CC)CCC(O)=C1C(=O)C[C@@H](C)OC1=O. The minimum atomic E-state index is -2.42. The number of rotatable bonds is 10. The number of hydrogen-bond donors (Lipinski definition) is 4. The lowest BCUT2D eigenvalue weighted by atomic mass is 9.85. The number of aliphatic hydroxyl groups excluding tert-OH is 2. The van der Waals surface area contributed by atoms with Crippen molar-refractivity contribution in [3.63, 3.8) is 0 Å². The highest BCUT2D eigenvalue weighted by molar-refractivity contribution is 6.19. The van der Waals surface area contributed by atoms with Crippen molar-refractivity contribution in [3.05, 3.63) is 35.6 Å². The van der Waals surface area contributed by atoms with Crippen molar-refractivity contribution < 1.29 is 39.5 Å². The molecule has 0 spiro atoms. The number of Topliss-reactive ketones (excluding diaryl/α,β-unsaturated/α-hetero) is 1. The average Bonchev–Trinajstić information content (AvgIpc) is 2.63. The van der Waals surface area contributed by atoms with Crippen LogP contribution in [0.3, 0.4) is 0 Å². The smallest absolute Gasteiger partial charge is 0.345 e. The Balaban J connectivity index is 2.73. The average molecular weight is 410 g/mol. The van der Waals surface area contributed by atoms with Crippen molar-refractivity contribution in [1.82, 2.24) is 0 Å². The lowest BCUT2D eigenvalue weighted by Crippen LogP contribution is -2.50. The highest BCUT2D eigenvalue weighted by atomic mass is 16.5. The molecule has 0 amide bonds. The van der Waals surface area contributed by atoms with Gasteiger partial charge in [0.05, 0.1) is 6.10 Å². The van der Waals surface area contributed by atoms with Gasteiger partial charge in [0.1, 0.15) is 17.4 Å². The topological polar surface area (TPSA) is 141 Å². The lowest BCUT2D eigenvalue weighted by molar-refractivity contribution is -0.167. The third-order valence-corrected chi connectivity index (χ3v) is 5.02. The van der Waals surface area contributed by atoms with Gasteiger partial charge in [-0.1, -0.05) is 38.5 Å². The second-order valence-electron chi connectivity index (χ2n) is 7.48. The van der Waals surface area contributed by atoms with Crippen LogP contribution in [0.2, 0.25) is 0 Å². The van der Waals surface area contributed by atoms with Gasteiger partial charge in [-0.3, -0.25) is 4.79 Å². The Morgan fingerprint density at radius 2 is 1.97 bits per heavy atom. The van der Waals surface area contributed by atoms with Crippen LogP contribution in [0.1, 0.15) is 52.9 Å². The third-order valence-electron chi connectivity index (χ3n) is 5.02. The van der Waals surface area contributed by atoms with Gasteiger partial charge in [-0.25, -0.2) is 9.59 Å². The normalized spacial score (nSPS) is 23.3. The zero-order valence-electron chi connectivity index (χ0n) is 17.1. The molecule has 1 saturated heterocycles. The molecule has 8 heteroatoms. The van der Waals surface area contributed by atoms with Crippen molar-refractivity contribution in [2.45, 2.75) is 70.7 Å². The summed E-state index contributed by atoms with van der Waals surface area (Å²) in [7, 11) is 0. The van der Waals surface area contributed by atoms with Crippen LogP contribution in [0.25, 0.3) is 0 Å². The molecular weight excluding hydrogens is 380 g/mol. The summed E-state index contributed by atoms with van der Waals surface area (Å²) >= 11 is 0. The van der Waals surface area contributed by atoms with Crippen molar-refractivity contribution >= 4 is 17.7 Å². The van der Waals surface area contributed by atoms with E-state index in [2.05, 4.69) is 6.58 Å². The highest BCUT2D eigenvalue weighted by Crippen LogP contribution is 2.25. The number of ether oxygens (including phenoxy) is 1. The number of allylic oxidation sites excluding steroid dienone is 3. The van der Waals surface area contributed by atoms with Gasteiger partial charge in [-0.05, 0) is 31.8 Å². The number of ketones is 1. The van der Waals surface area contributed by atoms with Crippen molar-refractivity contribution in [2.75, 3.05) is 0 Å². The largest absolute Gasteiger partial charge is 0.511 e. The molecule has 162 valence electrons. The molecule has 1 fully saturated rings. The Labute approximate surface area is 170 Å². The van der Waals surface area contributed by atoms with E-state index in [4.69, 9.17) is 4.74 Å². The molecule has 0 aliphatic carbocycles. The Hall–Kier alpha value is -2.45. The summed E-state index contributed by atoms with van der Waals surface area (Å²) in [5.74, 6) is -3.67. The summed E-state index contributed by atoms with van der Waals surface area (Å²) in [6, 6.07) is 0. The zero-order chi connectivity index (χ0) is 22.4. The molecule has 0 aromatic heterocycles. The van der Waals surface area contributed by atoms with E-state index < -0.39 is 41.4 Å². The Kier molecular flexibility index (Phi) is 8.79. The molecule has 0 aromatic rings. The fourth-order valence-electron chi connectivity index (χ4n) is 2.92. The summed E-state index contributed by atoms with van der Waals surface area (Å²) in [4.78, 5) is 35.2. The zero-order valence-corrected chi connectivity index (χ0v) is 17.1. The molecule has 1 rings (SSSR count). The van der Waals surface area contributed by atoms with Gasteiger partial charge in [0.2, 0.25) is 5.60 Å². The van der Waals surface area contributed by atoms with Gasteiger partial charge in [-0.2, -0.15) is 0 Å². The molecule has 0 bridgehead atoms. The van der Waals surface area contributed by atoms with E-state index in [9.17, 15) is 34.8 Å². The monoisotopic (exact) mass is 410 g/mol. The van der Waals surface area contributed by atoms with Crippen molar-refractivity contribution in [3.8, 4) is 0 Å². The first kappa shape index (κ1) is 24.6. The Morgan fingerprint density at radius 1 is 1.34 bits per heavy atom. The van der Waals surface area contributed by atoms with E-state index in [1.54, 1.807) is 20.8 Å². The summed E-state index contributed by atoms with van der Waals surface area (Å²) in [6.07, 6.45) is 1.32. The minimum absolute atomic E-state index is 0.00405. The third kappa shape index (κ3) is 6.27. The number of carbonyl (C=O) groups is 3. The van der Waals surface area contributed by atoms with Crippen LogP contribution < -0.4 is 0 Å². The quantitative estimate of drug-likeness (QED) is 0.141. The highest BCUT2D eigenvalue weighted by Gasteiger charge is 2.43. The fraction of sp³-hybridized carbons (Fsp3) is 0.571. The Morgan fingerprint density at radius 3 is 2.48 bits per heavy atom. The molecular formula is C21H30O8. The van der Waals surface area contributed by atoms with E-state index in [1.807, 2.05) is 0 Å². The van der Waals surface area contributed by atoms with E-state index in [0.717, 1.165) is 6.08 Å². The number of esters is 1. The number of aliphatic carboxylic acids is 1. The molecule has 1 aliphatic heterocycles. The molecule has 0 saturated carbocycles. The molecule has 0 radical (unpaired) electrons. The fourth-order valence-corrected chi connectivity index (χ4v) is 2.92. The second kappa shape index (κ2) is 10.4. The van der Waals surface area contributed by atoms with E-state index in [0.29, 0.717) is 12.0 Å². The predicted molar refractivity (Wildman–Crippen MR) is 105 cm³/mol. The number of cyclic esters (lactones) is 1.